The van der Waals surface area contributed by atoms with E-state index in [1.54, 1.807) is 0 Å². The van der Waals surface area contributed by atoms with E-state index in [2.05, 4.69) is 26.1 Å². The number of aliphatic hydroxyl groups is 1. The molecule has 18 heavy (non-hydrogen) atoms. The minimum absolute atomic E-state index is 0.130. The molecular formula is C14H29NO3. The summed E-state index contributed by atoms with van der Waals surface area (Å²) in [6, 6.07) is 0.359. The van der Waals surface area contributed by atoms with E-state index in [9.17, 15) is 5.11 Å². The van der Waals surface area contributed by atoms with E-state index < -0.39 is 0 Å². The predicted octanol–water partition coefficient (Wildman–Crippen LogP) is 1.57. The summed E-state index contributed by atoms with van der Waals surface area (Å²) in [5.41, 5.74) is -0.264. The second-order valence-electron chi connectivity index (χ2n) is 6.10. The van der Waals surface area contributed by atoms with Crippen molar-refractivity contribution in [2.75, 3.05) is 26.4 Å². The highest BCUT2D eigenvalue weighted by Crippen LogP contribution is 2.18. The first kappa shape index (κ1) is 15.9. The van der Waals surface area contributed by atoms with Gasteiger partial charge in [-0.15, -0.1) is 0 Å². The molecule has 0 spiro atoms. The van der Waals surface area contributed by atoms with E-state index in [0.29, 0.717) is 12.0 Å². The van der Waals surface area contributed by atoms with Crippen LogP contribution in [-0.4, -0.2) is 49.2 Å². The zero-order valence-corrected chi connectivity index (χ0v) is 12.2. The Morgan fingerprint density at radius 1 is 1.44 bits per heavy atom. The molecule has 0 aromatic rings. The highest BCUT2D eigenvalue weighted by Gasteiger charge is 2.27. The van der Waals surface area contributed by atoms with Gasteiger partial charge in [0.05, 0.1) is 25.9 Å². The van der Waals surface area contributed by atoms with E-state index in [1.165, 1.54) is 0 Å². The van der Waals surface area contributed by atoms with Gasteiger partial charge < -0.3 is 19.9 Å². The van der Waals surface area contributed by atoms with Gasteiger partial charge in [-0.3, -0.25) is 0 Å². The Bertz CT molecular complexity index is 229. The van der Waals surface area contributed by atoms with Gasteiger partial charge in [0.1, 0.15) is 0 Å². The maximum atomic E-state index is 9.52. The molecule has 0 saturated carbocycles. The SMILES string of the molecule is CC(C)NC(C)(CO)CC(C)OCC1CCOC1. The quantitative estimate of drug-likeness (QED) is 0.695. The smallest absolute Gasteiger partial charge is 0.0611 e. The van der Waals surface area contributed by atoms with Crippen LogP contribution in [0.2, 0.25) is 0 Å². The molecule has 0 aromatic carbocycles. The first-order valence-electron chi connectivity index (χ1n) is 7.03. The summed E-state index contributed by atoms with van der Waals surface area (Å²) >= 11 is 0. The summed E-state index contributed by atoms with van der Waals surface area (Å²) in [5, 5.41) is 12.9. The molecule has 3 atom stereocenters. The lowest BCUT2D eigenvalue weighted by Gasteiger charge is -2.33. The lowest BCUT2D eigenvalue weighted by molar-refractivity contribution is 0.00698. The first-order valence-corrected chi connectivity index (χ1v) is 7.03. The van der Waals surface area contributed by atoms with Crippen LogP contribution < -0.4 is 5.32 Å². The van der Waals surface area contributed by atoms with Crippen LogP contribution in [0.15, 0.2) is 0 Å². The van der Waals surface area contributed by atoms with Gasteiger partial charge in [-0.1, -0.05) is 13.8 Å². The van der Waals surface area contributed by atoms with Crippen molar-refractivity contribution in [3.63, 3.8) is 0 Å². The Kier molecular flexibility index (Phi) is 6.57. The fourth-order valence-electron chi connectivity index (χ4n) is 2.57. The maximum absolute atomic E-state index is 9.52. The third-order valence-electron chi connectivity index (χ3n) is 3.36. The van der Waals surface area contributed by atoms with Crippen LogP contribution in [0.1, 0.15) is 40.5 Å². The van der Waals surface area contributed by atoms with Crippen molar-refractivity contribution in [1.29, 1.82) is 0 Å². The molecule has 1 aliphatic heterocycles. The van der Waals surface area contributed by atoms with Gasteiger partial charge in [0.25, 0.3) is 0 Å². The van der Waals surface area contributed by atoms with Crippen LogP contribution in [0, 0.1) is 5.92 Å². The highest BCUT2D eigenvalue weighted by atomic mass is 16.5. The van der Waals surface area contributed by atoms with E-state index >= 15 is 0 Å². The van der Waals surface area contributed by atoms with Crippen LogP contribution in [0.4, 0.5) is 0 Å². The van der Waals surface area contributed by atoms with Crippen molar-refractivity contribution < 1.29 is 14.6 Å². The van der Waals surface area contributed by atoms with E-state index in [0.717, 1.165) is 32.7 Å². The number of hydrogen-bond acceptors (Lipinski definition) is 4. The van der Waals surface area contributed by atoms with Gasteiger partial charge in [-0.2, -0.15) is 0 Å². The highest BCUT2D eigenvalue weighted by molar-refractivity contribution is 4.86. The molecular weight excluding hydrogens is 230 g/mol. The Balaban J connectivity index is 2.29. The second kappa shape index (κ2) is 7.43. The lowest BCUT2D eigenvalue weighted by Crippen LogP contribution is -2.51. The molecule has 2 N–H and O–H groups in total. The third kappa shape index (κ3) is 5.65. The minimum atomic E-state index is -0.264. The Morgan fingerprint density at radius 2 is 2.17 bits per heavy atom. The number of rotatable bonds is 8. The summed E-state index contributed by atoms with van der Waals surface area (Å²) in [7, 11) is 0. The molecule has 0 aromatic heterocycles. The maximum Gasteiger partial charge on any atom is 0.0611 e. The van der Waals surface area contributed by atoms with E-state index in [-0.39, 0.29) is 18.2 Å². The Hall–Kier alpha value is -0.160. The second-order valence-corrected chi connectivity index (χ2v) is 6.10. The van der Waals surface area contributed by atoms with Crippen molar-refractivity contribution in [3.05, 3.63) is 0 Å². The molecule has 1 aliphatic rings. The molecule has 0 aliphatic carbocycles. The van der Waals surface area contributed by atoms with Crippen molar-refractivity contribution >= 4 is 0 Å². The Labute approximate surface area is 111 Å². The molecule has 108 valence electrons. The number of ether oxygens (including phenoxy) is 2. The standard InChI is InChI=1S/C14H29NO3/c1-11(2)15-14(4,10-16)7-12(3)18-9-13-5-6-17-8-13/h11-13,15-16H,5-10H2,1-4H3. The summed E-state index contributed by atoms with van der Waals surface area (Å²) in [6.07, 6.45) is 2.07. The Morgan fingerprint density at radius 3 is 2.67 bits per heavy atom. The monoisotopic (exact) mass is 259 g/mol. The molecule has 4 nitrogen and oxygen atoms in total. The molecule has 0 radical (unpaired) electrons. The molecule has 0 amide bonds. The number of hydrogen-bond donors (Lipinski definition) is 2. The van der Waals surface area contributed by atoms with Crippen molar-refractivity contribution in [3.8, 4) is 0 Å². The molecule has 0 bridgehead atoms. The van der Waals surface area contributed by atoms with Crippen molar-refractivity contribution in [1.82, 2.24) is 5.32 Å². The molecule has 4 heteroatoms. The van der Waals surface area contributed by atoms with Crippen molar-refractivity contribution in [2.24, 2.45) is 5.92 Å². The fourth-order valence-corrected chi connectivity index (χ4v) is 2.57. The average molecular weight is 259 g/mol. The van der Waals surface area contributed by atoms with Gasteiger partial charge in [0, 0.05) is 24.1 Å². The van der Waals surface area contributed by atoms with Crippen LogP contribution in [-0.2, 0) is 9.47 Å². The van der Waals surface area contributed by atoms with Crippen LogP contribution >= 0.6 is 0 Å². The largest absolute Gasteiger partial charge is 0.394 e. The third-order valence-corrected chi connectivity index (χ3v) is 3.36. The molecule has 1 heterocycles. The summed E-state index contributed by atoms with van der Waals surface area (Å²) < 4.78 is 11.2. The fraction of sp³-hybridized carbons (Fsp3) is 1.00. The topological polar surface area (TPSA) is 50.7 Å². The van der Waals surface area contributed by atoms with Gasteiger partial charge in [-0.05, 0) is 26.7 Å². The average Bonchev–Trinajstić information content (AvgIpc) is 2.78. The summed E-state index contributed by atoms with van der Waals surface area (Å²) in [5.74, 6) is 0.547. The van der Waals surface area contributed by atoms with Crippen LogP contribution in [0.25, 0.3) is 0 Å². The van der Waals surface area contributed by atoms with Crippen LogP contribution in [0.5, 0.6) is 0 Å². The van der Waals surface area contributed by atoms with Gasteiger partial charge >= 0.3 is 0 Å². The summed E-state index contributed by atoms with van der Waals surface area (Å²) in [6.45, 7) is 10.9. The van der Waals surface area contributed by atoms with Crippen molar-refractivity contribution in [2.45, 2.75) is 58.2 Å². The lowest BCUT2D eigenvalue weighted by atomic mass is 9.94. The van der Waals surface area contributed by atoms with Gasteiger partial charge in [0.15, 0.2) is 0 Å². The van der Waals surface area contributed by atoms with E-state index in [1.807, 2.05) is 6.92 Å². The number of aliphatic hydroxyl groups excluding tert-OH is 1. The zero-order chi connectivity index (χ0) is 13.6. The molecule has 3 unspecified atom stereocenters. The van der Waals surface area contributed by atoms with Gasteiger partial charge in [0.2, 0.25) is 0 Å². The molecule has 1 rings (SSSR count). The normalized spacial score (nSPS) is 25.3. The van der Waals surface area contributed by atoms with Gasteiger partial charge in [-0.25, -0.2) is 0 Å². The molecule has 1 fully saturated rings. The number of nitrogens with one attached hydrogen (secondary N) is 1. The minimum Gasteiger partial charge on any atom is -0.394 e. The van der Waals surface area contributed by atoms with E-state index in [4.69, 9.17) is 9.47 Å². The predicted molar refractivity (Wildman–Crippen MR) is 72.7 cm³/mol. The zero-order valence-electron chi connectivity index (χ0n) is 12.2. The molecule has 1 saturated heterocycles. The first-order chi connectivity index (χ1) is 8.45. The van der Waals surface area contributed by atoms with Crippen LogP contribution in [0.3, 0.4) is 0 Å². The summed E-state index contributed by atoms with van der Waals surface area (Å²) in [4.78, 5) is 0.